The molecule has 3 aromatic rings. The summed E-state index contributed by atoms with van der Waals surface area (Å²) >= 11 is 0. The summed E-state index contributed by atoms with van der Waals surface area (Å²) < 4.78 is 7.47. The van der Waals surface area contributed by atoms with Crippen LogP contribution in [-0.2, 0) is 7.05 Å². The number of hydrogen-bond donors (Lipinski definition) is 1. The second-order valence-electron chi connectivity index (χ2n) is 8.22. The largest absolute Gasteiger partial charge is 0.478 e. The van der Waals surface area contributed by atoms with Crippen LogP contribution in [0.4, 0.5) is 5.82 Å². The monoisotopic (exact) mass is 424 g/mol. The number of pyridine rings is 1. The first kappa shape index (κ1) is 23.0. The third kappa shape index (κ3) is 4.36. The molecular formula is C24H36N6O. The molecule has 7 nitrogen and oxygen atoms in total. The van der Waals surface area contributed by atoms with E-state index in [4.69, 9.17) is 24.8 Å². The minimum absolute atomic E-state index is 0.336. The highest BCUT2D eigenvalue weighted by atomic mass is 16.5. The molecule has 0 bridgehead atoms. The van der Waals surface area contributed by atoms with Crippen LogP contribution in [0.25, 0.3) is 22.4 Å². The number of methoxy groups -OCH3 is 1. The fourth-order valence-electron chi connectivity index (χ4n) is 4.17. The number of hydrogen-bond acceptors (Lipinski definition) is 6. The van der Waals surface area contributed by atoms with E-state index in [1.54, 1.807) is 7.11 Å². The minimum Gasteiger partial charge on any atom is -0.478 e. The number of nitrogens with zero attached hydrogens (tertiary/aromatic N) is 5. The summed E-state index contributed by atoms with van der Waals surface area (Å²) in [6.45, 7) is 12.8. The minimum atomic E-state index is 0.336. The van der Waals surface area contributed by atoms with Crippen molar-refractivity contribution in [1.82, 2.24) is 24.7 Å². The smallest absolute Gasteiger partial charge is 0.257 e. The summed E-state index contributed by atoms with van der Waals surface area (Å²) in [7, 11) is 3.59. The van der Waals surface area contributed by atoms with Crippen LogP contribution in [0.5, 0.6) is 5.88 Å². The van der Waals surface area contributed by atoms with E-state index in [2.05, 4.69) is 46.0 Å². The lowest BCUT2D eigenvalue weighted by atomic mass is 9.96. The van der Waals surface area contributed by atoms with Gasteiger partial charge in [0.1, 0.15) is 5.69 Å². The molecule has 168 valence electrons. The molecule has 1 N–H and O–H groups in total. The van der Waals surface area contributed by atoms with E-state index >= 15 is 0 Å². The van der Waals surface area contributed by atoms with Crippen molar-refractivity contribution in [2.24, 2.45) is 7.05 Å². The lowest BCUT2D eigenvalue weighted by Crippen LogP contribution is -2.19. The quantitative estimate of drug-likeness (QED) is 0.485. The number of nitrogens with one attached hydrogen (secondary N) is 1. The second kappa shape index (κ2) is 9.62. The molecule has 0 saturated heterocycles. The first-order valence-corrected chi connectivity index (χ1v) is 11.4. The molecule has 31 heavy (non-hydrogen) atoms. The molecule has 0 radical (unpaired) electrons. The third-order valence-electron chi connectivity index (χ3n) is 6.19. The molecule has 0 amide bonds. The van der Waals surface area contributed by atoms with Crippen molar-refractivity contribution >= 4 is 16.9 Å². The molecule has 0 spiro atoms. The number of aryl methyl sites for hydroxylation is 3. The SMILES string of the molecule is CCC(CC)Nc1nc(C)c(-c2nc3c(cc2C)c(C(CC)CC)nn3C)nc1OC. The van der Waals surface area contributed by atoms with E-state index in [1.165, 1.54) is 0 Å². The molecule has 0 aliphatic rings. The van der Waals surface area contributed by atoms with Crippen molar-refractivity contribution in [2.75, 3.05) is 12.4 Å². The molecule has 0 aliphatic carbocycles. The first-order valence-electron chi connectivity index (χ1n) is 11.4. The van der Waals surface area contributed by atoms with Gasteiger partial charge in [-0.2, -0.15) is 5.10 Å². The first-order chi connectivity index (χ1) is 14.9. The van der Waals surface area contributed by atoms with E-state index in [0.29, 0.717) is 23.7 Å². The number of fused-ring (bicyclic) bond motifs is 1. The molecule has 0 unspecified atom stereocenters. The van der Waals surface area contributed by atoms with Gasteiger partial charge in [0.05, 0.1) is 24.2 Å². The highest BCUT2D eigenvalue weighted by Gasteiger charge is 2.22. The van der Waals surface area contributed by atoms with Crippen LogP contribution < -0.4 is 10.1 Å². The summed E-state index contributed by atoms with van der Waals surface area (Å²) in [6, 6.07) is 2.53. The van der Waals surface area contributed by atoms with E-state index in [9.17, 15) is 0 Å². The Morgan fingerprint density at radius 1 is 0.968 bits per heavy atom. The Kier molecular flexibility index (Phi) is 7.13. The van der Waals surface area contributed by atoms with Gasteiger partial charge in [-0.15, -0.1) is 0 Å². The van der Waals surface area contributed by atoms with E-state index in [1.807, 2.05) is 18.7 Å². The predicted octanol–water partition coefficient (Wildman–Crippen LogP) is 5.55. The maximum Gasteiger partial charge on any atom is 0.257 e. The van der Waals surface area contributed by atoms with Crippen molar-refractivity contribution in [2.45, 2.75) is 79.2 Å². The van der Waals surface area contributed by atoms with Gasteiger partial charge in [0.25, 0.3) is 5.88 Å². The molecule has 7 heteroatoms. The lowest BCUT2D eigenvalue weighted by Gasteiger charge is -2.18. The number of rotatable bonds is 9. The summed E-state index contributed by atoms with van der Waals surface area (Å²) in [6.07, 6.45) is 4.16. The number of aromatic nitrogens is 5. The standard InChI is InChI=1S/C24H36N6O/c1-9-16(10-2)21-18-13-14(5)19(27-23(18)30(7)29-21)20-15(6)25-22(24(28-20)31-8)26-17(11-3)12-4/h13,16-17H,9-12H2,1-8H3,(H,25,26). The van der Waals surface area contributed by atoms with E-state index < -0.39 is 0 Å². The van der Waals surface area contributed by atoms with Gasteiger partial charge in [-0.25, -0.2) is 15.0 Å². The van der Waals surface area contributed by atoms with E-state index in [0.717, 1.165) is 65.1 Å². The molecule has 3 heterocycles. The fourth-order valence-corrected chi connectivity index (χ4v) is 4.17. The van der Waals surface area contributed by atoms with Crippen molar-refractivity contribution in [3.8, 4) is 17.3 Å². The zero-order chi connectivity index (χ0) is 22.7. The van der Waals surface area contributed by atoms with Crippen molar-refractivity contribution < 1.29 is 4.74 Å². The average Bonchev–Trinajstić information content (AvgIpc) is 3.07. The third-order valence-corrected chi connectivity index (χ3v) is 6.19. The highest BCUT2D eigenvalue weighted by Crippen LogP contribution is 2.34. The topological polar surface area (TPSA) is 77.8 Å². The maximum atomic E-state index is 5.59. The predicted molar refractivity (Wildman–Crippen MR) is 127 cm³/mol. The molecular weight excluding hydrogens is 388 g/mol. The lowest BCUT2D eigenvalue weighted by molar-refractivity contribution is 0.397. The molecule has 0 aromatic carbocycles. The van der Waals surface area contributed by atoms with Crippen LogP contribution in [0.15, 0.2) is 6.07 Å². The molecule has 0 atom stereocenters. The Hall–Kier alpha value is -2.70. The van der Waals surface area contributed by atoms with Gasteiger partial charge in [0, 0.05) is 24.4 Å². The molecule has 0 saturated carbocycles. The van der Waals surface area contributed by atoms with Crippen LogP contribution in [0.2, 0.25) is 0 Å². The van der Waals surface area contributed by atoms with Gasteiger partial charge in [-0.05, 0) is 51.2 Å². The molecule has 0 fully saturated rings. The normalized spacial score (nSPS) is 11.7. The second-order valence-corrected chi connectivity index (χ2v) is 8.22. The van der Waals surface area contributed by atoms with Crippen molar-refractivity contribution in [3.63, 3.8) is 0 Å². The zero-order valence-corrected chi connectivity index (χ0v) is 20.2. The van der Waals surface area contributed by atoms with Gasteiger partial charge < -0.3 is 10.1 Å². The number of anilines is 1. The van der Waals surface area contributed by atoms with Crippen molar-refractivity contribution in [1.29, 1.82) is 0 Å². The van der Waals surface area contributed by atoms with Crippen LogP contribution in [0.1, 0.15) is 76.2 Å². The fraction of sp³-hybridized carbons (Fsp3) is 0.583. The van der Waals surface area contributed by atoms with E-state index in [-0.39, 0.29) is 0 Å². The Labute approximate surface area is 185 Å². The molecule has 3 rings (SSSR count). The van der Waals surface area contributed by atoms with Gasteiger partial charge in [-0.3, -0.25) is 4.68 Å². The average molecular weight is 425 g/mol. The molecule has 0 aliphatic heterocycles. The Bertz CT molecular complexity index is 1050. The Morgan fingerprint density at radius 2 is 1.65 bits per heavy atom. The zero-order valence-electron chi connectivity index (χ0n) is 20.2. The van der Waals surface area contributed by atoms with Gasteiger partial charge in [0.2, 0.25) is 0 Å². The summed E-state index contributed by atoms with van der Waals surface area (Å²) in [4.78, 5) is 14.6. The van der Waals surface area contributed by atoms with Gasteiger partial charge >= 0.3 is 0 Å². The van der Waals surface area contributed by atoms with Crippen LogP contribution in [0, 0.1) is 13.8 Å². The number of ether oxygens (including phenoxy) is 1. The Balaban J connectivity index is 2.13. The Morgan fingerprint density at radius 3 is 2.23 bits per heavy atom. The maximum absolute atomic E-state index is 5.59. The summed E-state index contributed by atoms with van der Waals surface area (Å²) in [5, 5.41) is 9.41. The summed E-state index contributed by atoms with van der Waals surface area (Å²) in [5.74, 6) is 1.62. The van der Waals surface area contributed by atoms with Gasteiger partial charge in [0.15, 0.2) is 11.5 Å². The van der Waals surface area contributed by atoms with Crippen LogP contribution in [0.3, 0.4) is 0 Å². The van der Waals surface area contributed by atoms with Gasteiger partial charge in [-0.1, -0.05) is 27.7 Å². The van der Waals surface area contributed by atoms with Crippen LogP contribution >= 0.6 is 0 Å². The summed E-state index contributed by atoms with van der Waals surface area (Å²) in [5.41, 5.74) is 5.47. The van der Waals surface area contributed by atoms with Crippen molar-refractivity contribution in [3.05, 3.63) is 23.0 Å². The highest BCUT2D eigenvalue weighted by molar-refractivity contribution is 5.83. The molecule has 3 aromatic heterocycles. The van der Waals surface area contributed by atoms with Crippen LogP contribution in [-0.4, -0.2) is 37.9 Å².